The number of halogens is 1. The Labute approximate surface area is 101 Å². The lowest BCUT2D eigenvalue weighted by Crippen LogP contribution is -1.98. The predicted molar refractivity (Wildman–Crippen MR) is 66.4 cm³/mol. The summed E-state index contributed by atoms with van der Waals surface area (Å²) in [6.45, 7) is 0. The van der Waals surface area contributed by atoms with E-state index in [1.54, 1.807) is 0 Å². The molecule has 0 radical (unpaired) electrons. The van der Waals surface area contributed by atoms with Gasteiger partial charge >= 0.3 is 5.97 Å². The van der Waals surface area contributed by atoms with Gasteiger partial charge in [-0.25, -0.2) is 0 Å². The van der Waals surface area contributed by atoms with Crippen LogP contribution in [0, 0.1) is 0 Å². The van der Waals surface area contributed by atoms with Crippen molar-refractivity contribution in [1.82, 2.24) is 0 Å². The van der Waals surface area contributed by atoms with Crippen molar-refractivity contribution in [3.63, 3.8) is 0 Å². The van der Waals surface area contributed by atoms with Crippen molar-refractivity contribution < 1.29 is 9.53 Å². The van der Waals surface area contributed by atoms with Crippen molar-refractivity contribution >= 4 is 23.6 Å². The molecule has 0 bridgehead atoms. The van der Waals surface area contributed by atoms with Gasteiger partial charge in [-0.05, 0) is 30.5 Å². The van der Waals surface area contributed by atoms with Gasteiger partial charge in [0.1, 0.15) is 0 Å². The number of esters is 1. The number of hydrogen-bond acceptors (Lipinski definition) is 2. The highest BCUT2D eigenvalue weighted by Gasteiger charge is 1.97. The van der Waals surface area contributed by atoms with E-state index in [-0.39, 0.29) is 5.97 Å². The largest absolute Gasteiger partial charge is 0.469 e. The summed E-state index contributed by atoms with van der Waals surface area (Å²) in [5.74, 6) is -0.156. The molecule has 0 N–H and O–H groups in total. The predicted octanol–water partition coefficient (Wildman–Crippen LogP) is 3.70. The molecule has 0 aliphatic heterocycles. The smallest absolute Gasteiger partial charge is 0.305 e. The first kappa shape index (κ1) is 12.8. The van der Waals surface area contributed by atoms with E-state index in [0.717, 1.165) is 23.4 Å². The van der Waals surface area contributed by atoms with Crippen molar-refractivity contribution in [3.05, 3.63) is 40.9 Å². The zero-order valence-electron chi connectivity index (χ0n) is 9.28. The molecule has 0 fully saturated rings. The van der Waals surface area contributed by atoms with Gasteiger partial charge in [0.2, 0.25) is 0 Å². The lowest BCUT2D eigenvalue weighted by molar-refractivity contribution is -0.140. The van der Waals surface area contributed by atoms with E-state index in [1.807, 2.05) is 36.4 Å². The van der Waals surface area contributed by atoms with Gasteiger partial charge in [-0.15, -0.1) is 0 Å². The molecule has 86 valence electrons. The number of benzene rings is 1. The molecule has 0 aliphatic carbocycles. The minimum atomic E-state index is -0.156. The first-order chi connectivity index (χ1) is 7.72. The molecule has 2 nitrogen and oxygen atoms in total. The molecule has 0 saturated heterocycles. The summed E-state index contributed by atoms with van der Waals surface area (Å²) >= 11 is 5.85. The number of hydrogen-bond donors (Lipinski definition) is 0. The minimum absolute atomic E-state index is 0.156. The van der Waals surface area contributed by atoms with E-state index in [0.29, 0.717) is 6.42 Å². The normalized spacial score (nSPS) is 10.6. The van der Waals surface area contributed by atoms with Crippen LogP contribution in [0.15, 0.2) is 30.3 Å². The number of ether oxygens (including phenoxy) is 1. The van der Waals surface area contributed by atoms with Crippen LogP contribution >= 0.6 is 11.6 Å². The fourth-order valence-electron chi connectivity index (χ4n) is 1.30. The molecule has 16 heavy (non-hydrogen) atoms. The van der Waals surface area contributed by atoms with Crippen LogP contribution < -0.4 is 0 Å². The third-order valence-electron chi connectivity index (χ3n) is 2.14. The minimum Gasteiger partial charge on any atom is -0.469 e. The summed E-state index contributed by atoms with van der Waals surface area (Å²) in [6.07, 6.45) is 6.18. The highest BCUT2D eigenvalue weighted by atomic mass is 35.5. The Morgan fingerprint density at radius 2 is 2.31 bits per heavy atom. The molecule has 0 aromatic heterocycles. The standard InChI is InChI=1S/C13H15ClO2/c1-16-13(15)9-4-2-3-6-11-7-5-8-12(14)10-11/h3,5-8,10H,2,4,9H2,1H3/b6-3+. The maximum absolute atomic E-state index is 10.8. The third-order valence-corrected chi connectivity index (χ3v) is 2.37. The summed E-state index contributed by atoms with van der Waals surface area (Å²) in [7, 11) is 1.41. The van der Waals surface area contributed by atoms with Crippen LogP contribution in [0.5, 0.6) is 0 Å². The fraction of sp³-hybridized carbons (Fsp3) is 0.308. The first-order valence-electron chi connectivity index (χ1n) is 5.21. The van der Waals surface area contributed by atoms with E-state index in [1.165, 1.54) is 7.11 Å². The van der Waals surface area contributed by atoms with Gasteiger partial charge in [-0.1, -0.05) is 35.9 Å². The molecule has 0 saturated carbocycles. The average molecular weight is 239 g/mol. The Morgan fingerprint density at radius 3 is 3.00 bits per heavy atom. The molecule has 1 aromatic carbocycles. The second-order valence-corrected chi connectivity index (χ2v) is 3.86. The van der Waals surface area contributed by atoms with E-state index in [4.69, 9.17) is 11.6 Å². The lowest BCUT2D eigenvalue weighted by Gasteiger charge is -1.96. The maximum Gasteiger partial charge on any atom is 0.305 e. The molecule has 0 atom stereocenters. The summed E-state index contributed by atoms with van der Waals surface area (Å²) in [5.41, 5.74) is 1.07. The number of carbonyl (C=O) groups is 1. The van der Waals surface area contributed by atoms with Gasteiger partial charge < -0.3 is 4.74 Å². The second kappa shape index (κ2) is 7.07. The van der Waals surface area contributed by atoms with Crippen LogP contribution in [0.4, 0.5) is 0 Å². The number of unbranched alkanes of at least 4 members (excludes halogenated alkanes) is 1. The van der Waals surface area contributed by atoms with Crippen LogP contribution in [0.3, 0.4) is 0 Å². The number of allylic oxidation sites excluding steroid dienone is 1. The van der Waals surface area contributed by atoms with Crippen LogP contribution in [-0.4, -0.2) is 13.1 Å². The lowest BCUT2D eigenvalue weighted by atomic mass is 10.1. The molecular weight excluding hydrogens is 224 g/mol. The zero-order chi connectivity index (χ0) is 11.8. The SMILES string of the molecule is COC(=O)CCC/C=C/c1cccc(Cl)c1. The first-order valence-corrected chi connectivity index (χ1v) is 5.59. The monoisotopic (exact) mass is 238 g/mol. The van der Waals surface area contributed by atoms with E-state index < -0.39 is 0 Å². The molecule has 0 aliphatic rings. The van der Waals surface area contributed by atoms with Crippen molar-refractivity contribution in [2.75, 3.05) is 7.11 Å². The van der Waals surface area contributed by atoms with Gasteiger partial charge in [0.05, 0.1) is 7.11 Å². The van der Waals surface area contributed by atoms with E-state index in [9.17, 15) is 4.79 Å². The van der Waals surface area contributed by atoms with Crippen LogP contribution in [-0.2, 0) is 9.53 Å². The summed E-state index contributed by atoms with van der Waals surface area (Å²) in [5, 5.41) is 0.733. The van der Waals surface area contributed by atoms with Crippen LogP contribution in [0.1, 0.15) is 24.8 Å². The van der Waals surface area contributed by atoms with Crippen molar-refractivity contribution in [2.45, 2.75) is 19.3 Å². The van der Waals surface area contributed by atoms with Crippen LogP contribution in [0.25, 0.3) is 6.08 Å². The molecule has 0 spiro atoms. The maximum atomic E-state index is 10.8. The Morgan fingerprint density at radius 1 is 1.50 bits per heavy atom. The van der Waals surface area contributed by atoms with Gasteiger partial charge in [0, 0.05) is 11.4 Å². The van der Waals surface area contributed by atoms with Crippen LogP contribution in [0.2, 0.25) is 5.02 Å². The van der Waals surface area contributed by atoms with Gasteiger partial charge in [-0.3, -0.25) is 4.79 Å². The Kier molecular flexibility index (Phi) is 5.65. The number of carbonyl (C=O) groups excluding carboxylic acids is 1. The Hall–Kier alpha value is -1.28. The highest BCUT2D eigenvalue weighted by Crippen LogP contribution is 2.12. The molecule has 3 heteroatoms. The molecular formula is C13H15ClO2. The summed E-state index contributed by atoms with van der Waals surface area (Å²) < 4.78 is 4.55. The van der Waals surface area contributed by atoms with E-state index >= 15 is 0 Å². The van der Waals surface area contributed by atoms with Gasteiger partial charge in [-0.2, -0.15) is 0 Å². The van der Waals surface area contributed by atoms with Gasteiger partial charge in [0.15, 0.2) is 0 Å². The second-order valence-electron chi connectivity index (χ2n) is 3.43. The fourth-order valence-corrected chi connectivity index (χ4v) is 1.49. The van der Waals surface area contributed by atoms with E-state index in [2.05, 4.69) is 4.74 Å². The van der Waals surface area contributed by atoms with Crippen molar-refractivity contribution in [1.29, 1.82) is 0 Å². The third kappa shape index (κ3) is 4.99. The summed E-state index contributed by atoms with van der Waals surface area (Å²) in [6, 6.07) is 7.65. The molecule has 0 unspecified atom stereocenters. The number of rotatable bonds is 5. The quantitative estimate of drug-likeness (QED) is 0.578. The Balaban J connectivity index is 2.30. The molecule has 0 amide bonds. The molecule has 0 heterocycles. The van der Waals surface area contributed by atoms with Crippen molar-refractivity contribution in [3.8, 4) is 0 Å². The molecule has 1 rings (SSSR count). The highest BCUT2D eigenvalue weighted by molar-refractivity contribution is 6.30. The topological polar surface area (TPSA) is 26.3 Å². The Bertz CT molecular complexity index is 372. The molecule has 1 aromatic rings. The average Bonchev–Trinajstić information content (AvgIpc) is 2.28. The van der Waals surface area contributed by atoms with Crippen molar-refractivity contribution in [2.24, 2.45) is 0 Å². The summed E-state index contributed by atoms with van der Waals surface area (Å²) in [4.78, 5) is 10.8. The zero-order valence-corrected chi connectivity index (χ0v) is 10.0. The number of methoxy groups -OCH3 is 1. The van der Waals surface area contributed by atoms with Gasteiger partial charge in [0.25, 0.3) is 0 Å².